The molecule has 2 fully saturated rings. The lowest BCUT2D eigenvalue weighted by Gasteiger charge is -2.44. The Balaban J connectivity index is 1.91. The van der Waals surface area contributed by atoms with Gasteiger partial charge in [0.15, 0.2) is 0 Å². The van der Waals surface area contributed by atoms with Gasteiger partial charge in [0.05, 0.1) is 0 Å². The van der Waals surface area contributed by atoms with E-state index in [0.29, 0.717) is 0 Å². The molecule has 2 rings (SSSR count). The van der Waals surface area contributed by atoms with Crippen LogP contribution in [-0.4, -0.2) is 35.7 Å². The number of carbonyl (C=O) groups is 1. The van der Waals surface area contributed by atoms with Crippen molar-refractivity contribution in [2.75, 3.05) is 13.1 Å². The Morgan fingerprint density at radius 3 is 2.50 bits per heavy atom. The summed E-state index contributed by atoms with van der Waals surface area (Å²) in [7, 11) is 0. The van der Waals surface area contributed by atoms with Crippen molar-refractivity contribution < 1.29 is 9.53 Å². The Morgan fingerprint density at radius 2 is 2.12 bits per heavy atom. The molecule has 1 saturated carbocycles. The number of nitrogens with zero attached hydrogens (tertiary/aromatic N) is 1. The van der Waals surface area contributed by atoms with Gasteiger partial charge in [-0.05, 0) is 40.0 Å². The first kappa shape index (κ1) is 11.7. The molecule has 92 valence electrons. The summed E-state index contributed by atoms with van der Waals surface area (Å²) in [5.74, 6) is 0. The maximum absolute atomic E-state index is 11.9. The third-order valence-electron chi connectivity index (χ3n) is 3.78. The zero-order valence-corrected chi connectivity index (χ0v) is 10.5. The fourth-order valence-corrected chi connectivity index (χ4v) is 2.60. The molecular weight excluding hydrogens is 204 g/mol. The molecule has 0 aromatic heterocycles. The van der Waals surface area contributed by atoms with Crippen LogP contribution >= 0.6 is 0 Å². The van der Waals surface area contributed by atoms with Gasteiger partial charge in [0.25, 0.3) is 0 Å². The number of carbonyl (C=O) groups excluding carboxylic acids is 1. The minimum absolute atomic E-state index is 0.191. The van der Waals surface area contributed by atoms with Crippen LogP contribution in [0, 0.1) is 5.41 Å². The van der Waals surface area contributed by atoms with Gasteiger partial charge in [0.2, 0.25) is 0 Å². The Bertz CT molecular complexity index is 298. The van der Waals surface area contributed by atoms with Gasteiger partial charge in [-0.25, -0.2) is 4.79 Å². The molecule has 1 aliphatic heterocycles. The number of ether oxygens (including phenoxy) is 1. The van der Waals surface area contributed by atoms with E-state index in [-0.39, 0.29) is 17.6 Å². The van der Waals surface area contributed by atoms with E-state index in [4.69, 9.17) is 10.5 Å². The van der Waals surface area contributed by atoms with Gasteiger partial charge in [-0.15, -0.1) is 0 Å². The van der Waals surface area contributed by atoms with Crippen LogP contribution in [0.15, 0.2) is 0 Å². The lowest BCUT2D eigenvalue weighted by Crippen LogP contribution is -2.52. The molecule has 1 aliphatic carbocycles. The second-order valence-electron chi connectivity index (χ2n) is 6.16. The smallest absolute Gasteiger partial charge is 0.410 e. The molecule has 0 aromatic carbocycles. The summed E-state index contributed by atoms with van der Waals surface area (Å²) in [6, 6.07) is 0.278. The number of hydrogen-bond acceptors (Lipinski definition) is 3. The van der Waals surface area contributed by atoms with E-state index in [9.17, 15) is 4.79 Å². The summed E-state index contributed by atoms with van der Waals surface area (Å²) >= 11 is 0. The summed E-state index contributed by atoms with van der Waals surface area (Å²) < 4.78 is 5.36. The van der Waals surface area contributed by atoms with E-state index in [0.717, 1.165) is 32.4 Å². The van der Waals surface area contributed by atoms with Gasteiger partial charge >= 0.3 is 6.09 Å². The first-order valence-electron chi connectivity index (χ1n) is 6.06. The molecule has 4 heteroatoms. The molecule has 0 bridgehead atoms. The summed E-state index contributed by atoms with van der Waals surface area (Å²) in [5.41, 5.74) is 5.83. The predicted octanol–water partition coefficient (Wildman–Crippen LogP) is 1.73. The summed E-state index contributed by atoms with van der Waals surface area (Å²) in [6.07, 6.45) is 3.10. The minimum atomic E-state index is -0.408. The summed E-state index contributed by atoms with van der Waals surface area (Å²) in [6.45, 7) is 7.26. The van der Waals surface area contributed by atoms with Crippen molar-refractivity contribution in [3.8, 4) is 0 Å². The molecule has 2 N–H and O–H groups in total. The van der Waals surface area contributed by atoms with Gasteiger partial charge < -0.3 is 15.4 Å². The average molecular weight is 226 g/mol. The topological polar surface area (TPSA) is 55.6 Å². The molecule has 1 amide bonds. The number of rotatable bonds is 0. The molecule has 1 spiro atoms. The molecular formula is C12H22N2O2. The highest BCUT2D eigenvalue weighted by Gasteiger charge is 2.50. The number of hydrogen-bond donors (Lipinski definition) is 1. The van der Waals surface area contributed by atoms with Gasteiger partial charge in [-0.2, -0.15) is 0 Å². The molecule has 4 nitrogen and oxygen atoms in total. The first-order valence-corrected chi connectivity index (χ1v) is 6.06. The fraction of sp³-hybridized carbons (Fsp3) is 0.917. The van der Waals surface area contributed by atoms with Crippen LogP contribution in [0.3, 0.4) is 0 Å². The molecule has 0 radical (unpaired) electrons. The monoisotopic (exact) mass is 226 g/mol. The second kappa shape index (κ2) is 3.62. The van der Waals surface area contributed by atoms with E-state index in [1.807, 2.05) is 25.7 Å². The molecule has 0 aromatic rings. The Labute approximate surface area is 97.1 Å². The minimum Gasteiger partial charge on any atom is -0.444 e. The Hall–Kier alpha value is -0.770. The predicted molar refractivity (Wildman–Crippen MR) is 62.1 cm³/mol. The number of amides is 1. The van der Waals surface area contributed by atoms with Crippen molar-refractivity contribution in [1.82, 2.24) is 4.90 Å². The zero-order chi connectivity index (χ0) is 12.0. The third kappa shape index (κ3) is 2.03. The van der Waals surface area contributed by atoms with E-state index in [1.165, 1.54) is 0 Å². The zero-order valence-electron chi connectivity index (χ0n) is 10.5. The largest absolute Gasteiger partial charge is 0.444 e. The summed E-state index contributed by atoms with van der Waals surface area (Å²) in [5, 5.41) is 0. The lowest BCUT2D eigenvalue weighted by atomic mass is 9.64. The van der Waals surface area contributed by atoms with Gasteiger partial charge in [0, 0.05) is 24.5 Å². The quantitative estimate of drug-likeness (QED) is 0.684. The fourth-order valence-electron chi connectivity index (χ4n) is 2.60. The van der Waals surface area contributed by atoms with E-state index >= 15 is 0 Å². The highest BCUT2D eigenvalue weighted by molar-refractivity contribution is 5.68. The Morgan fingerprint density at radius 1 is 1.44 bits per heavy atom. The highest BCUT2D eigenvalue weighted by atomic mass is 16.6. The lowest BCUT2D eigenvalue weighted by molar-refractivity contribution is 0.0225. The standard InChI is InChI=1S/C12H22N2O2/c1-11(2,3)16-10(15)14-7-6-12(8-14)5-4-9(12)13/h9H,4-8,13H2,1-3H3/t9-,12+/m1/s1. The summed E-state index contributed by atoms with van der Waals surface area (Å²) in [4.78, 5) is 13.7. The molecule has 1 heterocycles. The number of likely N-dealkylation sites (tertiary alicyclic amines) is 1. The van der Waals surface area contributed by atoms with E-state index in [2.05, 4.69) is 0 Å². The van der Waals surface area contributed by atoms with E-state index < -0.39 is 5.60 Å². The van der Waals surface area contributed by atoms with Gasteiger partial charge in [-0.1, -0.05) is 0 Å². The second-order valence-corrected chi connectivity index (χ2v) is 6.16. The van der Waals surface area contributed by atoms with Crippen LogP contribution in [0.1, 0.15) is 40.0 Å². The van der Waals surface area contributed by atoms with Crippen molar-refractivity contribution >= 4 is 6.09 Å². The normalized spacial score (nSPS) is 34.0. The maximum atomic E-state index is 11.9. The van der Waals surface area contributed by atoms with E-state index in [1.54, 1.807) is 0 Å². The molecule has 1 saturated heterocycles. The molecule has 2 aliphatic rings. The third-order valence-corrected chi connectivity index (χ3v) is 3.78. The molecule has 0 unspecified atom stereocenters. The van der Waals surface area contributed by atoms with Crippen LogP contribution < -0.4 is 5.73 Å². The van der Waals surface area contributed by atoms with Gasteiger partial charge in [-0.3, -0.25) is 0 Å². The van der Waals surface area contributed by atoms with Crippen LogP contribution in [-0.2, 0) is 4.74 Å². The number of nitrogens with two attached hydrogens (primary N) is 1. The van der Waals surface area contributed by atoms with Gasteiger partial charge in [0.1, 0.15) is 5.60 Å². The van der Waals surface area contributed by atoms with Crippen LogP contribution in [0.5, 0.6) is 0 Å². The van der Waals surface area contributed by atoms with Crippen LogP contribution in [0.4, 0.5) is 4.79 Å². The van der Waals surface area contributed by atoms with Crippen molar-refractivity contribution in [2.24, 2.45) is 11.1 Å². The Kier molecular flexibility index (Phi) is 2.65. The van der Waals surface area contributed by atoms with Crippen molar-refractivity contribution in [3.63, 3.8) is 0 Å². The maximum Gasteiger partial charge on any atom is 0.410 e. The van der Waals surface area contributed by atoms with Crippen molar-refractivity contribution in [1.29, 1.82) is 0 Å². The SMILES string of the molecule is CC(C)(C)OC(=O)N1CC[C@@]2(CC[C@H]2N)C1. The highest BCUT2D eigenvalue weighted by Crippen LogP contribution is 2.47. The molecule has 16 heavy (non-hydrogen) atoms. The average Bonchev–Trinajstić information content (AvgIpc) is 2.59. The van der Waals surface area contributed by atoms with Crippen LogP contribution in [0.25, 0.3) is 0 Å². The first-order chi connectivity index (χ1) is 7.32. The van der Waals surface area contributed by atoms with Crippen LogP contribution in [0.2, 0.25) is 0 Å². The van der Waals surface area contributed by atoms with Crippen molar-refractivity contribution in [3.05, 3.63) is 0 Å². The van der Waals surface area contributed by atoms with Crippen molar-refractivity contribution in [2.45, 2.75) is 51.7 Å². The molecule has 2 atom stereocenters.